The first-order valence-corrected chi connectivity index (χ1v) is 11.1. The second-order valence-electron chi connectivity index (χ2n) is 8.47. The third-order valence-electron chi connectivity index (χ3n) is 5.35. The van der Waals surface area contributed by atoms with Crippen molar-refractivity contribution in [3.8, 4) is 5.75 Å². The minimum absolute atomic E-state index is 0.129. The molecule has 0 heterocycles. The predicted octanol–water partition coefficient (Wildman–Crippen LogP) is 4.68. The molecule has 0 aromatic heterocycles. The lowest BCUT2D eigenvalue weighted by atomic mass is 9.89. The van der Waals surface area contributed by atoms with E-state index in [-0.39, 0.29) is 24.4 Å². The number of benzene rings is 1. The first-order valence-electron chi connectivity index (χ1n) is 11.1. The maximum absolute atomic E-state index is 14.2. The number of aliphatic hydroxyl groups excluding tert-OH is 2. The predicted molar refractivity (Wildman–Crippen MR) is 118 cm³/mol. The summed E-state index contributed by atoms with van der Waals surface area (Å²) in [5.74, 6) is -4.00. The van der Waals surface area contributed by atoms with Crippen molar-refractivity contribution >= 4 is 5.97 Å². The summed E-state index contributed by atoms with van der Waals surface area (Å²) < 4.78 is 38.7. The Hall–Kier alpha value is -2.25. The first kappa shape index (κ1) is 26.0. The zero-order chi connectivity index (χ0) is 23.6. The van der Waals surface area contributed by atoms with Gasteiger partial charge in [0.05, 0.1) is 18.3 Å². The molecule has 1 aliphatic rings. The average Bonchev–Trinajstić information content (AvgIpc) is 3.00. The third kappa shape index (κ3) is 9.09. The van der Waals surface area contributed by atoms with Gasteiger partial charge in [0, 0.05) is 18.8 Å². The topological polar surface area (TPSA) is 76.0 Å². The number of carbonyl (C=O) groups is 1. The van der Waals surface area contributed by atoms with Gasteiger partial charge in [-0.1, -0.05) is 36.4 Å². The fourth-order valence-corrected chi connectivity index (χ4v) is 3.76. The van der Waals surface area contributed by atoms with Gasteiger partial charge in [-0.05, 0) is 57.2 Å². The largest absolute Gasteiger partial charge is 0.487 e. The second-order valence-corrected chi connectivity index (χ2v) is 8.47. The zero-order valence-corrected chi connectivity index (χ0v) is 18.7. The Balaban J connectivity index is 1.83. The fraction of sp³-hybridized carbons (Fsp3) is 0.560. The number of allylic oxidation sites excluding steroid dienone is 2. The van der Waals surface area contributed by atoms with E-state index in [0.29, 0.717) is 31.4 Å². The molecule has 178 valence electrons. The number of halogens is 2. The van der Waals surface area contributed by atoms with Crippen LogP contribution in [-0.4, -0.2) is 47.0 Å². The van der Waals surface area contributed by atoms with E-state index >= 15 is 0 Å². The van der Waals surface area contributed by atoms with Crippen LogP contribution in [0.2, 0.25) is 0 Å². The maximum Gasteiger partial charge on any atom is 0.306 e. The van der Waals surface area contributed by atoms with Crippen LogP contribution in [0, 0.1) is 11.8 Å². The Morgan fingerprint density at radius 2 is 1.91 bits per heavy atom. The molecular formula is C25H34F2O5. The van der Waals surface area contributed by atoms with Gasteiger partial charge in [-0.25, -0.2) is 0 Å². The number of rotatable bonds is 12. The highest BCUT2D eigenvalue weighted by molar-refractivity contribution is 5.69. The van der Waals surface area contributed by atoms with Crippen LogP contribution in [0.15, 0.2) is 54.6 Å². The van der Waals surface area contributed by atoms with Crippen molar-refractivity contribution in [2.45, 2.75) is 70.2 Å². The summed E-state index contributed by atoms with van der Waals surface area (Å²) in [7, 11) is 0. The highest BCUT2D eigenvalue weighted by Crippen LogP contribution is 2.37. The standard InChI is InChI=1S/C25H34F2O5/c1-18(2)32-24(30)13-9-4-3-8-12-20-21(23(29)16-22(20)28)14-15-25(26,27)17-31-19-10-6-5-7-11-19/h3,5-8,10-11,14-15,18,20-23,28-29H,4,9,12-13,16-17H2,1-2H3/b8-3?,15-14+/t20-,21-,22+,23?/m1/s1. The number of esters is 1. The van der Waals surface area contributed by atoms with Crippen molar-refractivity contribution < 1.29 is 33.3 Å². The molecule has 1 fully saturated rings. The van der Waals surface area contributed by atoms with Crippen LogP contribution in [0.4, 0.5) is 8.78 Å². The van der Waals surface area contributed by atoms with Gasteiger partial charge in [0.25, 0.3) is 5.92 Å². The van der Waals surface area contributed by atoms with E-state index in [9.17, 15) is 23.8 Å². The van der Waals surface area contributed by atoms with Crippen molar-refractivity contribution in [3.05, 3.63) is 54.6 Å². The Labute approximate surface area is 188 Å². The molecule has 32 heavy (non-hydrogen) atoms. The van der Waals surface area contributed by atoms with Crippen LogP contribution in [-0.2, 0) is 9.53 Å². The van der Waals surface area contributed by atoms with Crippen molar-refractivity contribution in [1.82, 2.24) is 0 Å². The minimum Gasteiger partial charge on any atom is -0.487 e. The SMILES string of the molecule is CC(C)OC(=O)CCCC=CC[C@H]1[C@@H](O)CC(O)[C@@H]1/C=C/C(F)(F)COc1ccccc1. The van der Waals surface area contributed by atoms with E-state index in [1.165, 1.54) is 6.08 Å². The number of ether oxygens (including phenoxy) is 2. The molecule has 0 spiro atoms. The molecular weight excluding hydrogens is 418 g/mol. The number of hydrogen-bond acceptors (Lipinski definition) is 5. The molecule has 1 saturated carbocycles. The third-order valence-corrected chi connectivity index (χ3v) is 5.35. The normalized spacial score (nSPS) is 24.0. The number of carbonyl (C=O) groups excluding carboxylic acids is 1. The maximum atomic E-state index is 14.2. The summed E-state index contributed by atoms with van der Waals surface area (Å²) in [4.78, 5) is 11.5. The van der Waals surface area contributed by atoms with Crippen molar-refractivity contribution in [2.75, 3.05) is 6.61 Å². The van der Waals surface area contributed by atoms with Crippen molar-refractivity contribution in [2.24, 2.45) is 11.8 Å². The second kappa shape index (κ2) is 12.7. The molecule has 5 nitrogen and oxygen atoms in total. The van der Waals surface area contributed by atoms with Crippen LogP contribution in [0.3, 0.4) is 0 Å². The number of unbranched alkanes of at least 4 members (excludes halogenated alkanes) is 1. The van der Waals surface area contributed by atoms with E-state index in [0.717, 1.165) is 6.08 Å². The van der Waals surface area contributed by atoms with Gasteiger partial charge in [0.15, 0.2) is 6.61 Å². The van der Waals surface area contributed by atoms with E-state index < -0.39 is 30.7 Å². The van der Waals surface area contributed by atoms with Crippen LogP contribution >= 0.6 is 0 Å². The van der Waals surface area contributed by atoms with Gasteiger partial charge in [-0.15, -0.1) is 0 Å². The number of hydrogen-bond donors (Lipinski definition) is 2. The van der Waals surface area contributed by atoms with E-state index in [1.54, 1.807) is 44.2 Å². The lowest BCUT2D eigenvalue weighted by Crippen LogP contribution is -2.25. The van der Waals surface area contributed by atoms with E-state index in [4.69, 9.17) is 9.47 Å². The van der Waals surface area contributed by atoms with Gasteiger partial charge in [0.1, 0.15) is 5.75 Å². The van der Waals surface area contributed by atoms with Crippen LogP contribution in [0.1, 0.15) is 46.0 Å². The molecule has 0 saturated heterocycles. The van der Waals surface area contributed by atoms with Gasteiger partial charge in [-0.2, -0.15) is 8.78 Å². The van der Waals surface area contributed by atoms with Gasteiger partial charge < -0.3 is 19.7 Å². The first-order chi connectivity index (χ1) is 15.2. The van der Waals surface area contributed by atoms with Crippen molar-refractivity contribution in [1.29, 1.82) is 0 Å². The molecule has 0 bridgehead atoms. The summed E-state index contributed by atoms with van der Waals surface area (Å²) in [5.41, 5.74) is 0. The van der Waals surface area contributed by atoms with Gasteiger partial charge >= 0.3 is 5.97 Å². The molecule has 0 aliphatic heterocycles. The molecule has 4 atom stereocenters. The van der Waals surface area contributed by atoms with Crippen LogP contribution in [0.5, 0.6) is 5.75 Å². The van der Waals surface area contributed by atoms with Crippen LogP contribution < -0.4 is 4.74 Å². The highest BCUT2D eigenvalue weighted by atomic mass is 19.3. The molecule has 2 rings (SSSR count). The lowest BCUT2D eigenvalue weighted by Gasteiger charge is -2.20. The Morgan fingerprint density at radius 3 is 2.59 bits per heavy atom. The van der Waals surface area contributed by atoms with Crippen molar-refractivity contribution in [3.63, 3.8) is 0 Å². The molecule has 7 heteroatoms. The Bertz CT molecular complexity index is 748. The molecule has 1 aliphatic carbocycles. The minimum atomic E-state index is -3.20. The average molecular weight is 453 g/mol. The van der Waals surface area contributed by atoms with Crippen LogP contribution in [0.25, 0.3) is 0 Å². The molecule has 1 aromatic rings. The Morgan fingerprint density at radius 1 is 1.19 bits per heavy atom. The molecule has 0 amide bonds. The number of alkyl halides is 2. The van der Waals surface area contributed by atoms with Gasteiger partial charge in [-0.3, -0.25) is 4.79 Å². The summed E-state index contributed by atoms with van der Waals surface area (Å²) >= 11 is 0. The fourth-order valence-electron chi connectivity index (χ4n) is 3.76. The smallest absolute Gasteiger partial charge is 0.306 e. The summed E-state index contributed by atoms with van der Waals surface area (Å²) in [6.45, 7) is 2.80. The molecule has 2 N–H and O–H groups in total. The molecule has 0 radical (unpaired) electrons. The zero-order valence-electron chi connectivity index (χ0n) is 18.7. The quantitative estimate of drug-likeness (QED) is 0.274. The van der Waals surface area contributed by atoms with E-state index in [2.05, 4.69) is 0 Å². The summed E-state index contributed by atoms with van der Waals surface area (Å²) in [6, 6.07) is 8.39. The number of aliphatic hydroxyl groups is 2. The van der Waals surface area contributed by atoms with Gasteiger partial charge in [0.2, 0.25) is 0 Å². The highest BCUT2D eigenvalue weighted by Gasteiger charge is 2.40. The Kier molecular flexibility index (Phi) is 10.3. The lowest BCUT2D eigenvalue weighted by molar-refractivity contribution is -0.147. The molecule has 1 aromatic carbocycles. The summed E-state index contributed by atoms with van der Waals surface area (Å²) in [5, 5.41) is 20.5. The number of para-hydroxylation sites is 1. The van der Waals surface area contributed by atoms with E-state index in [1.807, 2.05) is 12.2 Å². The monoisotopic (exact) mass is 452 g/mol. The molecule has 1 unspecified atom stereocenters. The summed E-state index contributed by atoms with van der Waals surface area (Å²) in [6.07, 6.45) is 6.33.